The summed E-state index contributed by atoms with van der Waals surface area (Å²) in [4.78, 5) is 5.21. The van der Waals surface area contributed by atoms with Gasteiger partial charge >= 0.3 is 0 Å². The van der Waals surface area contributed by atoms with Crippen LogP contribution in [0.4, 0.5) is 4.39 Å². The maximum absolute atomic E-state index is 14.1. The van der Waals surface area contributed by atoms with Crippen LogP contribution < -0.4 is 5.32 Å². The molecule has 0 fully saturated rings. The number of hydrogen-bond acceptors (Lipinski definition) is 3. The third-order valence-electron chi connectivity index (χ3n) is 2.70. The van der Waals surface area contributed by atoms with Crippen LogP contribution in [0.3, 0.4) is 0 Å². The summed E-state index contributed by atoms with van der Waals surface area (Å²) in [7, 11) is 0. The van der Waals surface area contributed by atoms with Crippen molar-refractivity contribution in [1.82, 2.24) is 10.3 Å². The first-order valence-electron chi connectivity index (χ1n) is 5.77. The molecule has 1 aromatic carbocycles. The van der Waals surface area contributed by atoms with Crippen molar-refractivity contribution in [2.75, 3.05) is 6.54 Å². The molecule has 2 aromatic rings. The largest absolute Gasteiger partial charge is 0.310 e. The van der Waals surface area contributed by atoms with Crippen molar-refractivity contribution in [3.05, 3.63) is 50.6 Å². The second-order valence-corrected chi connectivity index (χ2v) is 5.75. The molecule has 0 saturated heterocycles. The summed E-state index contributed by atoms with van der Waals surface area (Å²) < 4.78 is 14.6. The molecule has 96 valence electrons. The summed E-state index contributed by atoms with van der Waals surface area (Å²) in [5.41, 5.74) is 2.50. The van der Waals surface area contributed by atoms with Gasteiger partial charge in [0.2, 0.25) is 0 Å². The number of nitrogens with one attached hydrogen (secondary N) is 1. The Morgan fingerprint density at radius 1 is 1.50 bits per heavy atom. The van der Waals surface area contributed by atoms with Crippen molar-refractivity contribution in [2.45, 2.75) is 19.4 Å². The molecule has 0 radical (unpaired) electrons. The van der Waals surface area contributed by atoms with Crippen LogP contribution in [0.2, 0.25) is 0 Å². The summed E-state index contributed by atoms with van der Waals surface area (Å²) in [5, 5.41) is 3.32. The Morgan fingerprint density at radius 3 is 3.00 bits per heavy atom. The molecule has 0 saturated carbocycles. The lowest BCUT2D eigenvalue weighted by atomic mass is 10.0. The first kappa shape index (κ1) is 13.6. The minimum Gasteiger partial charge on any atom is -0.310 e. The Hall–Kier alpha value is -0.780. The Balaban J connectivity index is 2.26. The molecule has 18 heavy (non-hydrogen) atoms. The van der Waals surface area contributed by atoms with Crippen molar-refractivity contribution in [3.63, 3.8) is 0 Å². The monoisotopic (exact) mass is 328 g/mol. The molecule has 0 spiro atoms. The highest BCUT2D eigenvalue weighted by atomic mass is 79.9. The van der Waals surface area contributed by atoms with Crippen LogP contribution in [-0.4, -0.2) is 11.5 Å². The fourth-order valence-corrected chi connectivity index (χ4v) is 2.90. The maximum atomic E-state index is 14.1. The van der Waals surface area contributed by atoms with Gasteiger partial charge in [0.05, 0.1) is 9.98 Å². The minimum absolute atomic E-state index is 0.0204. The molecule has 0 aliphatic rings. The molecule has 2 nitrogen and oxygen atoms in total. The van der Waals surface area contributed by atoms with Crippen LogP contribution in [0.15, 0.2) is 34.4 Å². The zero-order valence-corrected chi connectivity index (χ0v) is 12.4. The van der Waals surface area contributed by atoms with Gasteiger partial charge in [0.25, 0.3) is 0 Å². The number of likely N-dealkylation sites (N-methyl/N-ethyl adjacent to an activating group) is 1. The topological polar surface area (TPSA) is 24.9 Å². The van der Waals surface area contributed by atoms with Crippen LogP contribution in [0.5, 0.6) is 0 Å². The van der Waals surface area contributed by atoms with E-state index in [1.165, 1.54) is 0 Å². The van der Waals surface area contributed by atoms with Gasteiger partial charge in [-0.2, -0.15) is 0 Å². The molecule has 0 aliphatic heterocycles. The highest BCUT2D eigenvalue weighted by molar-refractivity contribution is 9.10. The highest BCUT2D eigenvalue weighted by Gasteiger charge is 2.17. The molecule has 1 heterocycles. The predicted octanol–water partition coefficient (Wildman–Crippen LogP) is 3.94. The van der Waals surface area contributed by atoms with E-state index in [0.29, 0.717) is 10.0 Å². The summed E-state index contributed by atoms with van der Waals surface area (Å²) in [6.07, 6.45) is 2.59. The number of aromatic nitrogens is 1. The van der Waals surface area contributed by atoms with Gasteiger partial charge in [-0.3, -0.25) is 4.98 Å². The Labute approximate surface area is 118 Å². The second-order valence-electron chi connectivity index (χ2n) is 3.93. The Morgan fingerprint density at radius 2 is 2.33 bits per heavy atom. The number of nitrogens with zero attached hydrogens (tertiary/aromatic N) is 1. The molecule has 2 rings (SSSR count). The minimum atomic E-state index is -0.187. The molecule has 0 aliphatic carbocycles. The molecular weight excluding hydrogens is 315 g/mol. The Kier molecular flexibility index (Phi) is 4.86. The lowest BCUT2D eigenvalue weighted by Gasteiger charge is -2.18. The second kappa shape index (κ2) is 6.41. The molecule has 5 heteroatoms. The molecule has 1 unspecified atom stereocenters. The van der Waals surface area contributed by atoms with Gasteiger partial charge < -0.3 is 5.32 Å². The normalized spacial score (nSPS) is 12.6. The summed E-state index contributed by atoms with van der Waals surface area (Å²) >= 11 is 4.83. The van der Waals surface area contributed by atoms with Gasteiger partial charge in [0.15, 0.2) is 0 Å². The number of benzene rings is 1. The third kappa shape index (κ3) is 3.16. The van der Waals surface area contributed by atoms with Crippen LogP contribution in [-0.2, 0) is 6.42 Å². The van der Waals surface area contributed by atoms with E-state index in [4.69, 9.17) is 0 Å². The average Bonchev–Trinajstić information content (AvgIpc) is 2.85. The fraction of sp³-hybridized carbons (Fsp3) is 0.308. The smallest absolute Gasteiger partial charge is 0.142 e. The van der Waals surface area contributed by atoms with Crippen molar-refractivity contribution >= 4 is 27.3 Å². The lowest BCUT2D eigenvalue weighted by molar-refractivity contribution is 0.509. The van der Waals surface area contributed by atoms with Gasteiger partial charge in [-0.15, -0.1) is 11.3 Å². The van der Waals surface area contributed by atoms with E-state index in [0.717, 1.165) is 17.8 Å². The highest BCUT2D eigenvalue weighted by Crippen LogP contribution is 2.26. The number of hydrogen-bond donors (Lipinski definition) is 1. The average molecular weight is 329 g/mol. The van der Waals surface area contributed by atoms with Gasteiger partial charge in [0, 0.05) is 29.1 Å². The van der Waals surface area contributed by atoms with Crippen molar-refractivity contribution in [3.8, 4) is 0 Å². The van der Waals surface area contributed by atoms with E-state index in [-0.39, 0.29) is 11.9 Å². The van der Waals surface area contributed by atoms with Gasteiger partial charge in [0.1, 0.15) is 5.82 Å². The Bertz CT molecular complexity index is 502. The van der Waals surface area contributed by atoms with Gasteiger partial charge in [-0.05, 0) is 28.5 Å². The number of rotatable bonds is 5. The number of halogens is 2. The van der Waals surface area contributed by atoms with Crippen LogP contribution in [0.1, 0.15) is 23.4 Å². The summed E-state index contributed by atoms with van der Waals surface area (Å²) in [6, 6.07) is 5.38. The van der Waals surface area contributed by atoms with Crippen LogP contribution in [0, 0.1) is 5.82 Å². The maximum Gasteiger partial charge on any atom is 0.142 e. The zero-order chi connectivity index (χ0) is 13.0. The van der Waals surface area contributed by atoms with E-state index in [9.17, 15) is 4.39 Å². The molecule has 1 atom stereocenters. The van der Waals surface area contributed by atoms with Crippen LogP contribution >= 0.6 is 27.3 Å². The summed E-state index contributed by atoms with van der Waals surface area (Å²) in [6.45, 7) is 2.82. The molecular formula is C13H14BrFN2S. The fourth-order valence-electron chi connectivity index (χ4n) is 1.87. The molecule has 1 aromatic heterocycles. The first-order valence-corrected chi connectivity index (χ1v) is 7.44. The van der Waals surface area contributed by atoms with E-state index in [2.05, 4.69) is 26.2 Å². The van der Waals surface area contributed by atoms with E-state index >= 15 is 0 Å². The first-order chi connectivity index (χ1) is 8.72. The quantitative estimate of drug-likeness (QED) is 0.899. The van der Waals surface area contributed by atoms with Gasteiger partial charge in [-0.25, -0.2) is 4.39 Å². The van der Waals surface area contributed by atoms with Crippen LogP contribution in [0.25, 0.3) is 0 Å². The SMILES string of the molecule is CCNC(Cc1cncs1)c1cccc(Br)c1F. The summed E-state index contributed by atoms with van der Waals surface area (Å²) in [5.74, 6) is -0.187. The number of thiazole rings is 1. The zero-order valence-electron chi connectivity index (χ0n) is 9.99. The molecule has 0 bridgehead atoms. The standard InChI is InChI=1S/C13H14BrFN2S/c1-2-17-12(6-9-7-16-8-18-9)10-4-3-5-11(14)13(10)15/h3-5,7-8,12,17H,2,6H2,1H3. The van der Waals surface area contributed by atoms with Crippen molar-refractivity contribution < 1.29 is 4.39 Å². The lowest BCUT2D eigenvalue weighted by Crippen LogP contribution is -2.23. The predicted molar refractivity (Wildman–Crippen MR) is 76.3 cm³/mol. The van der Waals surface area contributed by atoms with E-state index in [1.807, 2.05) is 25.3 Å². The van der Waals surface area contributed by atoms with Gasteiger partial charge in [-0.1, -0.05) is 19.1 Å². The molecule has 1 N–H and O–H groups in total. The van der Waals surface area contributed by atoms with E-state index < -0.39 is 0 Å². The van der Waals surface area contributed by atoms with Crippen molar-refractivity contribution in [2.24, 2.45) is 0 Å². The third-order valence-corrected chi connectivity index (χ3v) is 4.11. The molecule has 0 amide bonds. The van der Waals surface area contributed by atoms with E-state index in [1.54, 1.807) is 22.9 Å². The van der Waals surface area contributed by atoms with Crippen molar-refractivity contribution in [1.29, 1.82) is 0 Å².